The van der Waals surface area contributed by atoms with Crippen molar-refractivity contribution in [2.75, 3.05) is 19.6 Å². The van der Waals surface area contributed by atoms with E-state index in [2.05, 4.69) is 16.0 Å². The number of nitrogens with one attached hydrogen (secondary N) is 3. The van der Waals surface area contributed by atoms with Gasteiger partial charge in [0.2, 0.25) is 17.7 Å². The monoisotopic (exact) mass is 407 g/mol. The van der Waals surface area contributed by atoms with E-state index in [4.69, 9.17) is 16.6 Å². The molecule has 10 heteroatoms. The second-order valence-corrected chi connectivity index (χ2v) is 6.53. The van der Waals surface area contributed by atoms with Crippen LogP contribution in [0.25, 0.3) is 0 Å². The summed E-state index contributed by atoms with van der Waals surface area (Å²) < 4.78 is 0. The molecule has 2 unspecified atom stereocenters. The summed E-state index contributed by atoms with van der Waals surface area (Å²) in [5.41, 5.74) is 12.1. The smallest absolute Gasteiger partial charge is 0.326 e. The number of carbonyl (C=O) groups is 4. The fraction of sp³-hybridized carbons (Fsp3) is 0.474. The third-order valence-corrected chi connectivity index (χ3v) is 4.08. The van der Waals surface area contributed by atoms with Gasteiger partial charge in [-0.15, -0.1) is 0 Å². The molecule has 0 radical (unpaired) electrons. The maximum atomic E-state index is 12.0. The Kier molecular flexibility index (Phi) is 11.0. The van der Waals surface area contributed by atoms with Crippen molar-refractivity contribution < 1.29 is 24.3 Å². The predicted molar refractivity (Wildman–Crippen MR) is 107 cm³/mol. The standard InChI is InChI=1S/C19H29N5O5/c20-9-5-4-8-15(19(28)29)24-17(26)12-22-16(25)11-23-18(27)14(21)10-13-6-2-1-3-7-13/h1-3,6-7,14-15H,4-5,8-12,20-21H2,(H,22,25)(H,23,27)(H,24,26)(H,28,29). The van der Waals surface area contributed by atoms with Gasteiger partial charge in [-0.3, -0.25) is 14.4 Å². The molecule has 160 valence electrons. The molecular weight excluding hydrogens is 378 g/mol. The number of rotatable bonds is 13. The van der Waals surface area contributed by atoms with E-state index < -0.39 is 42.3 Å². The lowest BCUT2D eigenvalue weighted by atomic mass is 10.1. The molecule has 0 aliphatic carbocycles. The third-order valence-electron chi connectivity index (χ3n) is 4.08. The first-order chi connectivity index (χ1) is 13.8. The number of carboxylic acids is 1. The first-order valence-electron chi connectivity index (χ1n) is 9.39. The molecule has 1 rings (SSSR count). The van der Waals surface area contributed by atoms with Crippen molar-refractivity contribution in [3.05, 3.63) is 35.9 Å². The number of amides is 3. The number of hydrogen-bond donors (Lipinski definition) is 6. The van der Waals surface area contributed by atoms with Crippen molar-refractivity contribution in [3.63, 3.8) is 0 Å². The van der Waals surface area contributed by atoms with Crippen LogP contribution < -0.4 is 27.4 Å². The minimum atomic E-state index is -1.15. The molecule has 2 atom stereocenters. The summed E-state index contributed by atoms with van der Waals surface area (Å²) in [6.45, 7) is -0.296. The lowest BCUT2D eigenvalue weighted by Gasteiger charge is -2.15. The zero-order valence-electron chi connectivity index (χ0n) is 16.2. The highest BCUT2D eigenvalue weighted by atomic mass is 16.4. The molecule has 0 aliphatic heterocycles. The molecule has 0 saturated heterocycles. The summed E-state index contributed by atoms with van der Waals surface area (Å²) in [6, 6.07) is 7.38. The van der Waals surface area contributed by atoms with Crippen LogP contribution in [-0.4, -0.2) is 60.5 Å². The van der Waals surface area contributed by atoms with Gasteiger partial charge in [-0.05, 0) is 37.8 Å². The summed E-state index contributed by atoms with van der Waals surface area (Å²) in [5, 5.41) is 16.2. The van der Waals surface area contributed by atoms with E-state index in [1.165, 1.54) is 0 Å². The highest BCUT2D eigenvalue weighted by Crippen LogP contribution is 2.02. The summed E-state index contributed by atoms with van der Waals surface area (Å²) >= 11 is 0. The summed E-state index contributed by atoms with van der Waals surface area (Å²) in [6.07, 6.45) is 1.80. The Bertz CT molecular complexity index is 683. The molecule has 0 aliphatic rings. The van der Waals surface area contributed by atoms with Crippen LogP contribution >= 0.6 is 0 Å². The highest BCUT2D eigenvalue weighted by molar-refractivity contribution is 5.90. The van der Waals surface area contributed by atoms with Crippen molar-refractivity contribution in [2.24, 2.45) is 11.5 Å². The molecular formula is C19H29N5O5. The van der Waals surface area contributed by atoms with E-state index in [0.717, 1.165) is 5.56 Å². The van der Waals surface area contributed by atoms with Gasteiger partial charge in [-0.25, -0.2) is 4.79 Å². The highest BCUT2D eigenvalue weighted by Gasteiger charge is 2.20. The number of aliphatic carboxylic acids is 1. The Hall–Kier alpha value is -2.98. The third kappa shape index (κ3) is 10.2. The van der Waals surface area contributed by atoms with Gasteiger partial charge in [0.1, 0.15) is 6.04 Å². The van der Waals surface area contributed by atoms with Crippen LogP contribution in [0.15, 0.2) is 30.3 Å². The topological polar surface area (TPSA) is 177 Å². The fourth-order valence-corrected chi connectivity index (χ4v) is 2.50. The molecule has 0 spiro atoms. The molecule has 1 aromatic rings. The van der Waals surface area contributed by atoms with Gasteiger partial charge in [-0.2, -0.15) is 0 Å². The minimum Gasteiger partial charge on any atom is -0.480 e. The summed E-state index contributed by atoms with van der Waals surface area (Å²) in [5.74, 6) is -2.86. The molecule has 0 heterocycles. The SMILES string of the molecule is NCCCCC(NC(=O)CNC(=O)CNC(=O)C(N)Cc1ccccc1)C(=O)O. The summed E-state index contributed by atoms with van der Waals surface area (Å²) in [4.78, 5) is 46.7. The van der Waals surface area contributed by atoms with Crippen LogP contribution in [0.5, 0.6) is 0 Å². The molecule has 0 aromatic heterocycles. The van der Waals surface area contributed by atoms with Gasteiger partial charge in [0, 0.05) is 0 Å². The van der Waals surface area contributed by atoms with Crippen LogP contribution in [0.3, 0.4) is 0 Å². The zero-order chi connectivity index (χ0) is 21.6. The molecule has 10 nitrogen and oxygen atoms in total. The molecule has 1 aromatic carbocycles. The van der Waals surface area contributed by atoms with Gasteiger partial charge >= 0.3 is 5.97 Å². The largest absolute Gasteiger partial charge is 0.480 e. The first kappa shape index (κ1) is 24.1. The Balaban J connectivity index is 2.30. The van der Waals surface area contributed by atoms with Gasteiger partial charge in [-0.1, -0.05) is 30.3 Å². The van der Waals surface area contributed by atoms with E-state index >= 15 is 0 Å². The van der Waals surface area contributed by atoms with Crippen molar-refractivity contribution >= 4 is 23.7 Å². The van der Waals surface area contributed by atoms with E-state index in [9.17, 15) is 19.2 Å². The number of carbonyl (C=O) groups excluding carboxylic acids is 3. The number of carboxylic acid groups (broad SMARTS) is 1. The van der Waals surface area contributed by atoms with Crippen molar-refractivity contribution in [2.45, 2.75) is 37.8 Å². The number of unbranched alkanes of at least 4 members (excludes halogenated alkanes) is 1. The van der Waals surface area contributed by atoms with Crippen LogP contribution in [0.1, 0.15) is 24.8 Å². The molecule has 3 amide bonds. The lowest BCUT2D eigenvalue weighted by Crippen LogP contribution is -2.48. The van der Waals surface area contributed by atoms with E-state index in [1.54, 1.807) is 0 Å². The Morgan fingerprint density at radius 1 is 0.966 bits per heavy atom. The number of hydrogen-bond acceptors (Lipinski definition) is 6. The quantitative estimate of drug-likeness (QED) is 0.215. The van der Waals surface area contributed by atoms with Crippen LogP contribution in [0.4, 0.5) is 0 Å². The maximum Gasteiger partial charge on any atom is 0.326 e. The molecule has 0 saturated carbocycles. The van der Waals surface area contributed by atoms with E-state index in [-0.39, 0.29) is 13.0 Å². The minimum absolute atomic E-state index is 0.252. The van der Waals surface area contributed by atoms with Crippen molar-refractivity contribution in [1.82, 2.24) is 16.0 Å². The lowest BCUT2D eigenvalue weighted by molar-refractivity contribution is -0.142. The van der Waals surface area contributed by atoms with Gasteiger partial charge in [0.25, 0.3) is 0 Å². The van der Waals surface area contributed by atoms with Crippen molar-refractivity contribution in [1.29, 1.82) is 0 Å². The van der Waals surface area contributed by atoms with Crippen molar-refractivity contribution in [3.8, 4) is 0 Å². The molecule has 0 bridgehead atoms. The molecule has 8 N–H and O–H groups in total. The second kappa shape index (κ2) is 13.2. The zero-order valence-corrected chi connectivity index (χ0v) is 16.2. The predicted octanol–water partition coefficient (Wildman–Crippen LogP) is -1.51. The Morgan fingerprint density at radius 3 is 2.24 bits per heavy atom. The van der Waals surface area contributed by atoms with Gasteiger partial charge in [0.15, 0.2) is 0 Å². The average Bonchev–Trinajstić information content (AvgIpc) is 2.70. The second-order valence-electron chi connectivity index (χ2n) is 6.53. The van der Waals surface area contributed by atoms with E-state index in [1.807, 2.05) is 30.3 Å². The fourth-order valence-electron chi connectivity index (χ4n) is 2.50. The van der Waals surface area contributed by atoms with Gasteiger partial charge < -0.3 is 32.5 Å². The van der Waals surface area contributed by atoms with Crippen LogP contribution in [0, 0.1) is 0 Å². The molecule has 0 fully saturated rings. The normalized spacial score (nSPS) is 12.5. The molecule has 29 heavy (non-hydrogen) atoms. The Labute approximate surface area is 169 Å². The van der Waals surface area contributed by atoms with Gasteiger partial charge in [0.05, 0.1) is 19.1 Å². The first-order valence-corrected chi connectivity index (χ1v) is 9.39. The van der Waals surface area contributed by atoms with Crippen LogP contribution in [-0.2, 0) is 25.6 Å². The van der Waals surface area contributed by atoms with Crippen LogP contribution in [0.2, 0.25) is 0 Å². The number of nitrogens with two attached hydrogens (primary N) is 2. The Morgan fingerprint density at radius 2 is 1.62 bits per heavy atom. The van der Waals surface area contributed by atoms with E-state index in [0.29, 0.717) is 25.8 Å². The number of benzene rings is 1. The maximum absolute atomic E-state index is 12.0. The summed E-state index contributed by atoms with van der Waals surface area (Å²) in [7, 11) is 0. The average molecular weight is 407 g/mol.